The number of para-hydroxylation sites is 1. The summed E-state index contributed by atoms with van der Waals surface area (Å²) in [5.41, 5.74) is 4.72. The molecule has 2 fully saturated rings. The van der Waals surface area contributed by atoms with Crippen LogP contribution in [-0.4, -0.2) is 5.71 Å². The zero-order valence-corrected chi connectivity index (χ0v) is 9.58. The number of aliphatic imine (C=N–C) groups is 1. The molecule has 16 heavy (non-hydrogen) atoms. The summed E-state index contributed by atoms with van der Waals surface area (Å²) in [6.07, 6.45) is 8.21. The van der Waals surface area contributed by atoms with Gasteiger partial charge in [0.25, 0.3) is 0 Å². The summed E-state index contributed by atoms with van der Waals surface area (Å²) in [6.45, 7) is 0. The van der Waals surface area contributed by atoms with Crippen molar-refractivity contribution in [3.63, 3.8) is 0 Å². The van der Waals surface area contributed by atoms with Gasteiger partial charge < -0.3 is 0 Å². The first-order valence-corrected chi connectivity index (χ1v) is 6.59. The van der Waals surface area contributed by atoms with Crippen molar-refractivity contribution in [1.82, 2.24) is 0 Å². The summed E-state index contributed by atoms with van der Waals surface area (Å²) in [6, 6.07) is 8.84. The van der Waals surface area contributed by atoms with Crippen LogP contribution in [0, 0.1) is 5.92 Å². The van der Waals surface area contributed by atoms with Crippen molar-refractivity contribution in [2.45, 2.75) is 43.9 Å². The summed E-state index contributed by atoms with van der Waals surface area (Å²) >= 11 is 0. The highest BCUT2D eigenvalue weighted by Gasteiger charge is 2.52. The lowest BCUT2D eigenvalue weighted by Gasteiger charge is -2.38. The average molecular weight is 211 g/mol. The lowest BCUT2D eigenvalue weighted by molar-refractivity contribution is 0.354. The molecule has 0 saturated heterocycles. The van der Waals surface area contributed by atoms with Crippen LogP contribution in [-0.2, 0) is 5.41 Å². The van der Waals surface area contributed by atoms with Gasteiger partial charge in [-0.2, -0.15) is 0 Å². The van der Waals surface area contributed by atoms with Gasteiger partial charge in [0.2, 0.25) is 0 Å². The molecule has 1 aromatic rings. The third-order valence-electron chi connectivity index (χ3n) is 4.94. The Morgan fingerprint density at radius 2 is 2.00 bits per heavy atom. The van der Waals surface area contributed by atoms with Crippen LogP contribution in [0.15, 0.2) is 29.3 Å². The third kappa shape index (κ3) is 0.904. The molecule has 0 bridgehead atoms. The van der Waals surface area contributed by atoms with Gasteiger partial charge in [-0.1, -0.05) is 24.6 Å². The van der Waals surface area contributed by atoms with Crippen LogP contribution in [0.4, 0.5) is 5.69 Å². The Balaban J connectivity index is 1.97. The van der Waals surface area contributed by atoms with E-state index in [-0.39, 0.29) is 0 Å². The number of hydrogen-bond donors (Lipinski definition) is 0. The number of rotatable bonds is 0. The molecular formula is C15H17N. The minimum absolute atomic E-state index is 0.384. The zero-order chi connectivity index (χ0) is 10.6. The maximum atomic E-state index is 4.92. The first-order chi connectivity index (χ1) is 7.91. The monoisotopic (exact) mass is 211 g/mol. The molecule has 2 saturated carbocycles. The fourth-order valence-corrected chi connectivity index (χ4v) is 4.35. The highest BCUT2D eigenvalue weighted by Crippen LogP contribution is 2.57. The van der Waals surface area contributed by atoms with E-state index in [1.807, 2.05) is 0 Å². The number of benzene rings is 1. The Morgan fingerprint density at radius 1 is 1.12 bits per heavy atom. The number of hydrogen-bond acceptors (Lipinski definition) is 1. The maximum Gasteiger partial charge on any atom is 0.0671 e. The van der Waals surface area contributed by atoms with Crippen LogP contribution in [0.2, 0.25) is 0 Å². The van der Waals surface area contributed by atoms with Crippen LogP contribution >= 0.6 is 0 Å². The number of nitrogens with zero attached hydrogens (tertiary/aromatic N) is 1. The van der Waals surface area contributed by atoms with Gasteiger partial charge in [0.05, 0.1) is 5.69 Å². The molecule has 1 spiro atoms. The Bertz CT molecular complexity index is 474. The standard InChI is InChI=1S/C15H17N/c1-2-8-13-12(7-1)15-10-4-6-11(15)5-3-9-14(15)16-13/h1-2,7-8,11H,3-6,9-10H2/t11-,15-/m0/s1. The summed E-state index contributed by atoms with van der Waals surface area (Å²) in [5, 5.41) is 0. The second-order valence-electron chi connectivity index (χ2n) is 5.53. The van der Waals surface area contributed by atoms with E-state index < -0.39 is 0 Å². The first-order valence-electron chi connectivity index (χ1n) is 6.59. The topological polar surface area (TPSA) is 12.4 Å². The molecule has 4 rings (SSSR count). The van der Waals surface area contributed by atoms with Crippen LogP contribution in [0.3, 0.4) is 0 Å². The minimum Gasteiger partial charge on any atom is -0.257 e. The van der Waals surface area contributed by atoms with Crippen LogP contribution in [0.1, 0.15) is 44.1 Å². The molecule has 1 heterocycles. The van der Waals surface area contributed by atoms with Crippen molar-refractivity contribution in [3.8, 4) is 0 Å². The average Bonchev–Trinajstić information content (AvgIpc) is 2.87. The smallest absolute Gasteiger partial charge is 0.0671 e. The third-order valence-corrected chi connectivity index (χ3v) is 4.94. The van der Waals surface area contributed by atoms with Gasteiger partial charge in [0.1, 0.15) is 0 Å². The van der Waals surface area contributed by atoms with Crippen molar-refractivity contribution in [1.29, 1.82) is 0 Å². The molecule has 1 nitrogen and oxygen atoms in total. The van der Waals surface area contributed by atoms with Crippen molar-refractivity contribution >= 4 is 11.4 Å². The van der Waals surface area contributed by atoms with E-state index >= 15 is 0 Å². The van der Waals surface area contributed by atoms with Crippen LogP contribution in [0.5, 0.6) is 0 Å². The Morgan fingerprint density at radius 3 is 3.00 bits per heavy atom. The van der Waals surface area contributed by atoms with Gasteiger partial charge in [0, 0.05) is 11.1 Å². The molecule has 0 aromatic heterocycles. The predicted molar refractivity (Wildman–Crippen MR) is 66.4 cm³/mol. The van der Waals surface area contributed by atoms with E-state index in [0.29, 0.717) is 5.41 Å². The summed E-state index contributed by atoms with van der Waals surface area (Å²) in [5.74, 6) is 0.892. The predicted octanol–water partition coefficient (Wildman–Crippen LogP) is 3.99. The molecule has 1 aromatic carbocycles. The normalized spacial score (nSPS) is 35.2. The SMILES string of the molecule is c1ccc2c(c1)N=C1CCC[C@H]3CCC[C@@]123. The molecular weight excluding hydrogens is 194 g/mol. The quantitative estimate of drug-likeness (QED) is 0.615. The molecule has 82 valence electrons. The Kier molecular flexibility index (Phi) is 1.66. The summed E-state index contributed by atoms with van der Waals surface area (Å²) < 4.78 is 0. The van der Waals surface area contributed by atoms with Crippen molar-refractivity contribution in [3.05, 3.63) is 29.8 Å². The second kappa shape index (κ2) is 2.97. The Hall–Kier alpha value is -1.11. The van der Waals surface area contributed by atoms with E-state index in [0.717, 1.165) is 5.92 Å². The lowest BCUT2D eigenvalue weighted by Crippen LogP contribution is -2.40. The minimum atomic E-state index is 0.384. The van der Waals surface area contributed by atoms with Gasteiger partial charge in [-0.15, -0.1) is 0 Å². The van der Waals surface area contributed by atoms with Crippen molar-refractivity contribution in [2.75, 3.05) is 0 Å². The highest BCUT2D eigenvalue weighted by molar-refractivity contribution is 6.03. The second-order valence-corrected chi connectivity index (χ2v) is 5.53. The molecule has 2 atom stereocenters. The van der Waals surface area contributed by atoms with Gasteiger partial charge in [-0.3, -0.25) is 4.99 Å². The summed E-state index contributed by atoms with van der Waals surface area (Å²) in [4.78, 5) is 4.92. The van der Waals surface area contributed by atoms with E-state index in [4.69, 9.17) is 4.99 Å². The fourth-order valence-electron chi connectivity index (χ4n) is 4.35. The van der Waals surface area contributed by atoms with Gasteiger partial charge in [0.15, 0.2) is 0 Å². The molecule has 0 unspecified atom stereocenters. The maximum absolute atomic E-state index is 4.92. The molecule has 0 radical (unpaired) electrons. The number of fused-ring (bicyclic) bond motifs is 1. The van der Waals surface area contributed by atoms with Gasteiger partial charge >= 0.3 is 0 Å². The molecule has 2 aliphatic carbocycles. The molecule has 3 aliphatic rings. The highest BCUT2D eigenvalue weighted by atomic mass is 14.8. The molecule has 0 amide bonds. The summed E-state index contributed by atoms with van der Waals surface area (Å²) in [7, 11) is 0. The van der Waals surface area contributed by atoms with Crippen molar-refractivity contribution in [2.24, 2.45) is 10.9 Å². The van der Waals surface area contributed by atoms with E-state index in [1.54, 1.807) is 5.56 Å². The first kappa shape index (κ1) is 8.98. The van der Waals surface area contributed by atoms with Crippen molar-refractivity contribution < 1.29 is 0 Å². The van der Waals surface area contributed by atoms with Crippen LogP contribution < -0.4 is 0 Å². The van der Waals surface area contributed by atoms with Gasteiger partial charge in [-0.25, -0.2) is 0 Å². The largest absolute Gasteiger partial charge is 0.257 e. The van der Waals surface area contributed by atoms with E-state index in [2.05, 4.69) is 24.3 Å². The van der Waals surface area contributed by atoms with Gasteiger partial charge in [-0.05, 0) is 49.7 Å². The lowest BCUT2D eigenvalue weighted by atomic mass is 9.64. The van der Waals surface area contributed by atoms with E-state index in [9.17, 15) is 0 Å². The molecule has 1 aliphatic heterocycles. The van der Waals surface area contributed by atoms with E-state index in [1.165, 1.54) is 49.9 Å². The van der Waals surface area contributed by atoms with Crippen LogP contribution in [0.25, 0.3) is 0 Å². The fraction of sp³-hybridized carbons (Fsp3) is 0.533. The molecule has 0 N–H and O–H groups in total. The zero-order valence-electron chi connectivity index (χ0n) is 9.58. The molecule has 1 heteroatoms. The Labute approximate surface area is 96.6 Å².